The van der Waals surface area contributed by atoms with Gasteiger partial charge in [-0.1, -0.05) is 30.3 Å². The van der Waals surface area contributed by atoms with E-state index in [1.54, 1.807) is 37.3 Å². The van der Waals surface area contributed by atoms with Crippen LogP contribution in [0.5, 0.6) is 0 Å². The van der Waals surface area contributed by atoms with Crippen LogP contribution in [0.2, 0.25) is 0 Å². The summed E-state index contributed by atoms with van der Waals surface area (Å²) >= 11 is 0. The molecule has 1 unspecified atom stereocenters. The van der Waals surface area contributed by atoms with Crippen LogP contribution in [-0.2, 0) is 22.3 Å². The summed E-state index contributed by atoms with van der Waals surface area (Å²) in [6.45, 7) is 1.50. The summed E-state index contributed by atoms with van der Waals surface area (Å²) in [6, 6.07) is 14.9. The van der Waals surface area contributed by atoms with Crippen LogP contribution in [0, 0.1) is 11.6 Å². The number of benzene rings is 3. The molecule has 6 rings (SSSR count). The number of fused-ring (bicyclic) bond motifs is 2. The number of nitrogens with zero attached hydrogens (tertiary/aromatic N) is 3. The van der Waals surface area contributed by atoms with Crippen LogP contribution in [0.15, 0.2) is 84.3 Å². The fraction of sp³-hybridized carbons (Fsp3) is 0.219. The second-order valence-electron chi connectivity index (χ2n) is 10.9. The molecule has 1 saturated heterocycles. The van der Waals surface area contributed by atoms with E-state index < -0.39 is 58.6 Å². The number of hydrogen-bond donors (Lipinski definition) is 2. The van der Waals surface area contributed by atoms with Crippen LogP contribution in [-0.4, -0.2) is 44.0 Å². The molecule has 1 aromatic heterocycles. The number of halogens is 5. The van der Waals surface area contributed by atoms with Gasteiger partial charge in [0.05, 0.1) is 23.2 Å². The number of aromatic nitrogens is 1. The van der Waals surface area contributed by atoms with E-state index in [-0.39, 0.29) is 22.4 Å². The van der Waals surface area contributed by atoms with Gasteiger partial charge in [-0.3, -0.25) is 19.6 Å². The van der Waals surface area contributed by atoms with Crippen LogP contribution in [0.3, 0.4) is 0 Å². The number of para-hydroxylation sites is 1. The lowest BCUT2D eigenvalue weighted by molar-refractivity contribution is -0.160. The Balaban J connectivity index is 1.41. The van der Waals surface area contributed by atoms with Crippen molar-refractivity contribution in [3.63, 3.8) is 0 Å². The maximum Gasteiger partial charge on any atom is 0.416 e. The van der Waals surface area contributed by atoms with E-state index >= 15 is 0 Å². The van der Waals surface area contributed by atoms with Crippen LogP contribution in [0.4, 0.5) is 27.6 Å². The molecule has 2 aliphatic rings. The lowest BCUT2D eigenvalue weighted by Crippen LogP contribution is -2.60. The molecule has 3 heterocycles. The zero-order chi connectivity index (χ0) is 31.4. The van der Waals surface area contributed by atoms with Crippen molar-refractivity contribution in [1.29, 1.82) is 0 Å². The third kappa shape index (κ3) is 4.94. The highest BCUT2D eigenvalue weighted by molar-refractivity contribution is 6.24. The normalized spacial score (nSPS) is 19.0. The molecule has 2 N–H and O–H groups in total. The van der Waals surface area contributed by atoms with E-state index in [9.17, 15) is 36.6 Å². The minimum Gasteiger partial charge on any atom is -0.509 e. The van der Waals surface area contributed by atoms with Crippen molar-refractivity contribution < 1.29 is 36.6 Å². The van der Waals surface area contributed by atoms with Crippen molar-refractivity contribution in [2.45, 2.75) is 38.0 Å². The third-order valence-corrected chi connectivity index (χ3v) is 8.17. The van der Waals surface area contributed by atoms with Gasteiger partial charge in [0.25, 0.3) is 11.8 Å². The molecule has 7 nitrogen and oxygen atoms in total. The number of hydrogen-bond acceptors (Lipinski definition) is 5. The predicted octanol–water partition coefficient (Wildman–Crippen LogP) is 6.76. The number of nitrogens with one attached hydrogen (secondary N) is 1. The smallest absolute Gasteiger partial charge is 0.416 e. The van der Waals surface area contributed by atoms with Gasteiger partial charge in [-0.05, 0) is 56.2 Å². The van der Waals surface area contributed by atoms with Crippen molar-refractivity contribution >= 4 is 28.4 Å². The third-order valence-electron chi connectivity index (χ3n) is 8.17. The molecule has 4 aromatic rings. The van der Waals surface area contributed by atoms with Gasteiger partial charge in [0.2, 0.25) is 0 Å². The highest BCUT2D eigenvalue weighted by atomic mass is 19.4. The number of amides is 2. The molecule has 0 aliphatic carbocycles. The summed E-state index contributed by atoms with van der Waals surface area (Å²) in [5.74, 6) is -4.81. The van der Waals surface area contributed by atoms with Crippen LogP contribution < -0.4 is 5.32 Å². The number of alkyl halides is 3. The molecule has 226 valence electrons. The number of carbonyl (C=O) groups is 2. The number of rotatable bonds is 5. The second-order valence-corrected chi connectivity index (χ2v) is 10.9. The van der Waals surface area contributed by atoms with Gasteiger partial charge in [-0.2, -0.15) is 13.2 Å². The van der Waals surface area contributed by atoms with Gasteiger partial charge in [0.1, 0.15) is 11.3 Å². The summed E-state index contributed by atoms with van der Waals surface area (Å²) in [5, 5.41) is 17.1. The Kier molecular flexibility index (Phi) is 7.11. The van der Waals surface area contributed by atoms with Crippen LogP contribution in [0.1, 0.15) is 30.9 Å². The molecule has 1 atom stereocenters. The summed E-state index contributed by atoms with van der Waals surface area (Å²) in [6.07, 6.45) is -2.43. The minimum absolute atomic E-state index is 0.0119. The largest absolute Gasteiger partial charge is 0.509 e. The van der Waals surface area contributed by atoms with E-state index in [1.807, 2.05) is 0 Å². The molecule has 0 spiro atoms. The van der Waals surface area contributed by atoms with Gasteiger partial charge >= 0.3 is 6.18 Å². The van der Waals surface area contributed by atoms with Crippen molar-refractivity contribution in [3.05, 3.63) is 107 Å². The highest BCUT2D eigenvalue weighted by Gasteiger charge is 2.52. The van der Waals surface area contributed by atoms with Crippen molar-refractivity contribution in [2.24, 2.45) is 0 Å². The van der Waals surface area contributed by atoms with Gasteiger partial charge in [-0.15, -0.1) is 0 Å². The Bertz CT molecular complexity index is 1860. The fourth-order valence-electron chi connectivity index (χ4n) is 5.85. The van der Waals surface area contributed by atoms with Gasteiger partial charge in [-0.25, -0.2) is 13.8 Å². The molecule has 44 heavy (non-hydrogen) atoms. The van der Waals surface area contributed by atoms with E-state index in [0.29, 0.717) is 30.3 Å². The molecule has 0 radical (unpaired) electrons. The first-order valence-electron chi connectivity index (χ1n) is 13.7. The van der Waals surface area contributed by atoms with Gasteiger partial charge in [0, 0.05) is 40.5 Å². The summed E-state index contributed by atoms with van der Waals surface area (Å²) in [4.78, 5) is 31.8. The summed E-state index contributed by atoms with van der Waals surface area (Å²) in [5.41, 5.74) is -2.15. The highest BCUT2D eigenvalue weighted by Crippen LogP contribution is 2.43. The first kappa shape index (κ1) is 29.2. The quantitative estimate of drug-likeness (QED) is 0.193. The van der Waals surface area contributed by atoms with Crippen molar-refractivity contribution in [2.75, 3.05) is 11.9 Å². The minimum atomic E-state index is -4.69. The molecule has 0 saturated carbocycles. The maximum atomic E-state index is 14.6. The Morgan fingerprint density at radius 2 is 1.84 bits per heavy atom. The first-order chi connectivity index (χ1) is 20.9. The number of pyridine rings is 1. The van der Waals surface area contributed by atoms with E-state index in [1.165, 1.54) is 23.3 Å². The average molecular weight is 609 g/mol. The average Bonchev–Trinajstić information content (AvgIpc) is 3.39. The SMILES string of the molecule is CC12CCCN1N(Cc1cccc(F)c1F)C(=O)C(C(=O)Nc1ccc(C(F)(F)F)cc1-c1cnc3ccccc3c1)=C2O. The monoisotopic (exact) mass is 608 g/mol. The van der Waals surface area contributed by atoms with Gasteiger partial charge < -0.3 is 10.4 Å². The van der Waals surface area contributed by atoms with E-state index in [4.69, 9.17) is 0 Å². The van der Waals surface area contributed by atoms with Crippen molar-refractivity contribution in [1.82, 2.24) is 15.0 Å². The molecule has 2 aliphatic heterocycles. The Labute approximate surface area is 248 Å². The second kappa shape index (κ2) is 10.7. The predicted molar refractivity (Wildman–Crippen MR) is 152 cm³/mol. The zero-order valence-corrected chi connectivity index (χ0v) is 23.3. The number of carbonyl (C=O) groups excluding carboxylic acids is 2. The Hall–Kier alpha value is -4.84. The molecule has 0 bridgehead atoms. The van der Waals surface area contributed by atoms with Crippen LogP contribution in [0.25, 0.3) is 22.0 Å². The number of hydrazine groups is 1. The number of aliphatic hydroxyl groups is 1. The van der Waals surface area contributed by atoms with E-state index in [0.717, 1.165) is 29.3 Å². The molecule has 3 aromatic carbocycles. The topological polar surface area (TPSA) is 85.8 Å². The molecular formula is C32H25F5N4O3. The molecule has 12 heteroatoms. The Morgan fingerprint density at radius 3 is 2.61 bits per heavy atom. The maximum absolute atomic E-state index is 14.6. The van der Waals surface area contributed by atoms with Crippen LogP contribution >= 0.6 is 0 Å². The lowest BCUT2D eigenvalue weighted by atomic mass is 9.90. The fourth-order valence-corrected chi connectivity index (χ4v) is 5.85. The first-order valence-corrected chi connectivity index (χ1v) is 13.7. The Morgan fingerprint density at radius 1 is 1.07 bits per heavy atom. The number of aliphatic hydroxyl groups excluding tert-OH is 1. The lowest BCUT2D eigenvalue weighted by Gasteiger charge is -2.46. The molecule has 1 fully saturated rings. The number of anilines is 1. The van der Waals surface area contributed by atoms with Gasteiger partial charge in [0.15, 0.2) is 11.6 Å². The molecular weight excluding hydrogens is 583 g/mol. The van der Waals surface area contributed by atoms with Crippen molar-refractivity contribution in [3.8, 4) is 11.1 Å². The summed E-state index contributed by atoms with van der Waals surface area (Å²) in [7, 11) is 0. The summed E-state index contributed by atoms with van der Waals surface area (Å²) < 4.78 is 69.7. The standard InChI is InChI=1S/C32H25F5N4O3/c1-31-12-5-13-41(31)40(17-19-7-4-8-23(33)27(19)34)30(44)26(28(31)42)29(43)39-25-11-10-21(32(35,36)37)15-22(25)20-14-18-6-2-3-9-24(18)38-16-20/h2-4,6-11,14-16,42H,5,12-13,17H2,1H3,(H,39,43). The zero-order valence-electron chi connectivity index (χ0n) is 23.3. The molecule has 2 amide bonds. The van der Waals surface area contributed by atoms with E-state index in [2.05, 4.69) is 10.3 Å².